The number of nitrogens with one attached hydrogen (secondary N) is 1. The number of thioether (sulfide) groups is 1. The molecule has 1 aliphatic rings. The van der Waals surface area contributed by atoms with Crippen LogP contribution in [-0.2, 0) is 16.1 Å². The fourth-order valence-corrected chi connectivity index (χ4v) is 3.36. The maximum Gasteiger partial charge on any atom is 0.221 e. The van der Waals surface area contributed by atoms with Gasteiger partial charge in [0.05, 0.1) is 6.61 Å². The van der Waals surface area contributed by atoms with Crippen molar-refractivity contribution in [3.05, 3.63) is 6.33 Å². The topological polar surface area (TPSA) is 69.0 Å². The molecular weight excluding hydrogens is 288 g/mol. The number of carbonyl (C=O) groups excluding carboxylic acids is 1. The van der Waals surface area contributed by atoms with Crippen LogP contribution in [0.2, 0.25) is 0 Å². The van der Waals surface area contributed by atoms with Crippen LogP contribution in [0.4, 0.5) is 0 Å². The summed E-state index contributed by atoms with van der Waals surface area (Å²) in [5, 5.41) is 12.0. The van der Waals surface area contributed by atoms with Crippen molar-refractivity contribution in [3.8, 4) is 0 Å². The number of amides is 1. The van der Waals surface area contributed by atoms with E-state index < -0.39 is 0 Å². The zero-order chi connectivity index (χ0) is 14.9. The Morgan fingerprint density at radius 3 is 3.05 bits per heavy atom. The van der Waals surface area contributed by atoms with Crippen molar-refractivity contribution in [1.29, 1.82) is 0 Å². The minimum atomic E-state index is 0.150. The van der Waals surface area contributed by atoms with E-state index in [4.69, 9.17) is 4.74 Å². The molecule has 1 aliphatic carbocycles. The summed E-state index contributed by atoms with van der Waals surface area (Å²) in [6.07, 6.45) is 8.26. The van der Waals surface area contributed by atoms with E-state index in [-0.39, 0.29) is 5.91 Å². The maximum absolute atomic E-state index is 11.9. The Bertz CT molecular complexity index is 432. The molecule has 1 heterocycles. The normalized spacial score (nSPS) is 16.0. The summed E-state index contributed by atoms with van der Waals surface area (Å²) in [6.45, 7) is 1.37. The second-order valence-electron chi connectivity index (χ2n) is 5.30. The highest BCUT2D eigenvalue weighted by molar-refractivity contribution is 7.99. The first-order chi connectivity index (χ1) is 10.3. The van der Waals surface area contributed by atoms with Crippen molar-refractivity contribution in [2.45, 2.75) is 56.3 Å². The SMILES string of the molecule is COCCn1cnnc1SCCC(=O)NC1CCCCC1. The molecular formula is C14H24N4O2S. The summed E-state index contributed by atoms with van der Waals surface area (Å²) >= 11 is 1.57. The third kappa shape index (κ3) is 5.67. The molecule has 0 spiro atoms. The minimum absolute atomic E-state index is 0.150. The number of carbonyl (C=O) groups is 1. The van der Waals surface area contributed by atoms with Gasteiger partial charge in [-0.1, -0.05) is 31.0 Å². The predicted molar refractivity (Wildman–Crippen MR) is 82.3 cm³/mol. The van der Waals surface area contributed by atoms with Crippen LogP contribution in [0.3, 0.4) is 0 Å². The molecule has 2 rings (SSSR count). The molecule has 1 N–H and O–H groups in total. The largest absolute Gasteiger partial charge is 0.383 e. The quantitative estimate of drug-likeness (QED) is 0.742. The van der Waals surface area contributed by atoms with Crippen LogP contribution in [0.1, 0.15) is 38.5 Å². The van der Waals surface area contributed by atoms with Crippen LogP contribution in [0, 0.1) is 0 Å². The van der Waals surface area contributed by atoms with Gasteiger partial charge >= 0.3 is 0 Å². The van der Waals surface area contributed by atoms with Gasteiger partial charge in [0.1, 0.15) is 6.33 Å². The van der Waals surface area contributed by atoms with E-state index in [2.05, 4.69) is 15.5 Å². The molecule has 0 unspecified atom stereocenters. The molecule has 118 valence electrons. The van der Waals surface area contributed by atoms with E-state index in [1.807, 2.05) is 4.57 Å². The van der Waals surface area contributed by atoms with Crippen molar-refractivity contribution in [2.24, 2.45) is 0 Å². The standard InChI is InChI=1S/C14H24N4O2S/c1-20-9-8-18-11-15-17-14(18)21-10-7-13(19)16-12-5-3-2-4-6-12/h11-12H,2-10H2,1H3,(H,16,19). The van der Waals surface area contributed by atoms with E-state index in [9.17, 15) is 4.79 Å². The lowest BCUT2D eigenvalue weighted by Gasteiger charge is -2.22. The highest BCUT2D eigenvalue weighted by Crippen LogP contribution is 2.18. The third-order valence-electron chi connectivity index (χ3n) is 3.65. The van der Waals surface area contributed by atoms with Gasteiger partial charge in [-0.3, -0.25) is 4.79 Å². The molecule has 1 saturated carbocycles. The molecule has 0 saturated heterocycles. The smallest absolute Gasteiger partial charge is 0.221 e. The fraction of sp³-hybridized carbons (Fsp3) is 0.786. The summed E-state index contributed by atoms with van der Waals surface area (Å²) < 4.78 is 7.00. The Labute approximate surface area is 130 Å². The number of methoxy groups -OCH3 is 1. The van der Waals surface area contributed by atoms with Gasteiger partial charge in [-0.05, 0) is 12.8 Å². The third-order valence-corrected chi connectivity index (χ3v) is 4.63. The number of hydrogen-bond acceptors (Lipinski definition) is 5. The molecule has 1 fully saturated rings. The van der Waals surface area contributed by atoms with Crippen molar-refractivity contribution >= 4 is 17.7 Å². The first kappa shape index (κ1) is 16.3. The first-order valence-electron chi connectivity index (χ1n) is 7.58. The minimum Gasteiger partial charge on any atom is -0.383 e. The number of nitrogens with zero attached hydrogens (tertiary/aromatic N) is 3. The van der Waals surface area contributed by atoms with E-state index in [1.165, 1.54) is 19.3 Å². The summed E-state index contributed by atoms with van der Waals surface area (Å²) in [5.41, 5.74) is 0. The van der Waals surface area contributed by atoms with Crippen LogP contribution in [-0.4, -0.2) is 46.2 Å². The Morgan fingerprint density at radius 1 is 1.48 bits per heavy atom. The summed E-state index contributed by atoms with van der Waals surface area (Å²) in [6, 6.07) is 0.390. The Morgan fingerprint density at radius 2 is 2.29 bits per heavy atom. The van der Waals surface area contributed by atoms with Crippen molar-refractivity contribution in [2.75, 3.05) is 19.5 Å². The van der Waals surface area contributed by atoms with Gasteiger partial charge < -0.3 is 14.6 Å². The molecule has 7 heteroatoms. The van der Waals surface area contributed by atoms with Gasteiger partial charge in [-0.15, -0.1) is 10.2 Å². The van der Waals surface area contributed by atoms with Crippen molar-refractivity contribution < 1.29 is 9.53 Å². The number of ether oxygens (including phenoxy) is 1. The highest BCUT2D eigenvalue weighted by atomic mass is 32.2. The molecule has 6 nitrogen and oxygen atoms in total. The second kappa shape index (κ2) is 9.04. The number of aromatic nitrogens is 3. The number of rotatable bonds is 8. The van der Waals surface area contributed by atoms with Gasteiger partial charge in [0, 0.05) is 31.9 Å². The lowest BCUT2D eigenvalue weighted by atomic mass is 9.95. The van der Waals surface area contributed by atoms with Gasteiger partial charge in [0.25, 0.3) is 0 Å². The van der Waals surface area contributed by atoms with Crippen LogP contribution in [0.25, 0.3) is 0 Å². The molecule has 0 bridgehead atoms. The van der Waals surface area contributed by atoms with Crippen LogP contribution >= 0.6 is 11.8 Å². The van der Waals surface area contributed by atoms with Gasteiger partial charge in [0.15, 0.2) is 5.16 Å². The summed E-state index contributed by atoms with van der Waals surface area (Å²) in [7, 11) is 1.67. The monoisotopic (exact) mass is 312 g/mol. The van der Waals surface area contributed by atoms with Crippen LogP contribution in [0.15, 0.2) is 11.5 Å². The fourth-order valence-electron chi connectivity index (χ4n) is 2.48. The lowest BCUT2D eigenvalue weighted by Crippen LogP contribution is -2.36. The maximum atomic E-state index is 11.9. The van der Waals surface area contributed by atoms with Gasteiger partial charge in [-0.25, -0.2) is 0 Å². The zero-order valence-electron chi connectivity index (χ0n) is 12.6. The van der Waals surface area contributed by atoms with E-state index in [0.29, 0.717) is 19.1 Å². The van der Waals surface area contributed by atoms with E-state index in [0.717, 1.165) is 30.3 Å². The Hall–Kier alpha value is -1.08. The molecule has 1 aromatic heterocycles. The Kier molecular flexibility index (Phi) is 7.02. The first-order valence-corrected chi connectivity index (χ1v) is 8.57. The van der Waals surface area contributed by atoms with E-state index >= 15 is 0 Å². The number of hydrogen-bond donors (Lipinski definition) is 1. The van der Waals surface area contributed by atoms with Crippen molar-refractivity contribution in [3.63, 3.8) is 0 Å². The van der Waals surface area contributed by atoms with Crippen molar-refractivity contribution in [1.82, 2.24) is 20.1 Å². The highest BCUT2D eigenvalue weighted by Gasteiger charge is 2.15. The molecule has 0 aromatic carbocycles. The Balaban J connectivity index is 1.66. The zero-order valence-corrected chi connectivity index (χ0v) is 13.4. The molecule has 0 radical (unpaired) electrons. The van der Waals surface area contributed by atoms with E-state index in [1.54, 1.807) is 25.2 Å². The van der Waals surface area contributed by atoms with Gasteiger partial charge in [-0.2, -0.15) is 0 Å². The molecule has 0 aliphatic heterocycles. The van der Waals surface area contributed by atoms with Crippen LogP contribution in [0.5, 0.6) is 0 Å². The summed E-state index contributed by atoms with van der Waals surface area (Å²) in [4.78, 5) is 11.9. The molecule has 1 amide bonds. The molecule has 0 atom stereocenters. The van der Waals surface area contributed by atoms with Crippen LogP contribution < -0.4 is 5.32 Å². The summed E-state index contributed by atoms with van der Waals surface area (Å²) in [5.74, 6) is 0.877. The van der Waals surface area contributed by atoms with Gasteiger partial charge in [0.2, 0.25) is 5.91 Å². The second-order valence-corrected chi connectivity index (χ2v) is 6.36. The average Bonchev–Trinajstić information content (AvgIpc) is 2.93. The molecule has 21 heavy (non-hydrogen) atoms. The predicted octanol–water partition coefficient (Wildman–Crippen LogP) is 1.86. The average molecular weight is 312 g/mol. The lowest BCUT2D eigenvalue weighted by molar-refractivity contribution is -0.121. The molecule has 1 aromatic rings.